The number of urea groups is 1. The lowest BCUT2D eigenvalue weighted by Crippen LogP contribution is -2.41. The fourth-order valence-corrected chi connectivity index (χ4v) is 3.74. The molecule has 0 heterocycles. The third-order valence-electron chi connectivity index (χ3n) is 3.61. The summed E-state index contributed by atoms with van der Waals surface area (Å²) in [6.45, 7) is 4.92. The van der Waals surface area contributed by atoms with Crippen molar-refractivity contribution in [2.75, 3.05) is 26.2 Å². The fraction of sp³-hybridized carbons (Fsp3) is 0.471. The maximum atomic E-state index is 14.1. The lowest BCUT2D eigenvalue weighted by molar-refractivity contribution is -0.123. The highest BCUT2D eigenvalue weighted by molar-refractivity contribution is 7.89. The zero-order valence-corrected chi connectivity index (χ0v) is 16.8. The standard InChI is InChI=1S/C17H24FN3O6S/c1-4-9-19-17(24)20-15(22)11-27-16(23)12-7-8-13(18)14(10-12)28(25,26)21(5-2)6-3/h7-8,10H,4-6,9,11H2,1-3H3,(H2,19,20,22,24). The van der Waals surface area contributed by atoms with E-state index in [2.05, 4.69) is 5.32 Å². The SMILES string of the molecule is CCCNC(=O)NC(=O)COC(=O)c1ccc(F)c(S(=O)(=O)N(CC)CC)c1. The topological polar surface area (TPSA) is 122 Å². The van der Waals surface area contributed by atoms with Gasteiger partial charge in [-0.1, -0.05) is 20.8 Å². The summed E-state index contributed by atoms with van der Waals surface area (Å²) in [6.07, 6.45) is 0.680. The van der Waals surface area contributed by atoms with Gasteiger partial charge >= 0.3 is 12.0 Å². The zero-order valence-electron chi connectivity index (χ0n) is 16.0. The second-order valence-electron chi connectivity index (χ2n) is 5.61. The van der Waals surface area contributed by atoms with E-state index in [0.29, 0.717) is 13.0 Å². The Labute approximate surface area is 163 Å². The van der Waals surface area contributed by atoms with Crippen molar-refractivity contribution >= 4 is 27.9 Å². The quantitative estimate of drug-likeness (QED) is 0.583. The van der Waals surface area contributed by atoms with Crippen LogP contribution in [0.15, 0.2) is 23.1 Å². The minimum absolute atomic E-state index is 0.132. The van der Waals surface area contributed by atoms with Crippen LogP contribution >= 0.6 is 0 Å². The molecule has 1 rings (SSSR count). The Bertz CT molecular complexity index is 824. The molecule has 0 aromatic heterocycles. The average molecular weight is 417 g/mol. The van der Waals surface area contributed by atoms with E-state index in [1.165, 1.54) is 0 Å². The van der Waals surface area contributed by atoms with Gasteiger partial charge in [0.15, 0.2) is 6.61 Å². The summed E-state index contributed by atoms with van der Waals surface area (Å²) in [5.74, 6) is -2.89. The molecule has 1 aromatic carbocycles. The molecule has 0 bridgehead atoms. The van der Waals surface area contributed by atoms with Crippen LogP contribution in [0, 0.1) is 5.82 Å². The molecule has 11 heteroatoms. The number of imide groups is 1. The molecule has 2 N–H and O–H groups in total. The maximum Gasteiger partial charge on any atom is 0.338 e. The molecule has 28 heavy (non-hydrogen) atoms. The van der Waals surface area contributed by atoms with Crippen molar-refractivity contribution < 1.29 is 31.9 Å². The Morgan fingerprint density at radius 2 is 1.79 bits per heavy atom. The lowest BCUT2D eigenvalue weighted by atomic mass is 10.2. The summed E-state index contributed by atoms with van der Waals surface area (Å²) in [7, 11) is -4.13. The smallest absolute Gasteiger partial charge is 0.338 e. The molecule has 0 aliphatic rings. The minimum atomic E-state index is -4.13. The number of sulfonamides is 1. The number of halogens is 1. The molecule has 0 aliphatic carbocycles. The van der Waals surface area contributed by atoms with Crippen LogP contribution in [0.1, 0.15) is 37.6 Å². The van der Waals surface area contributed by atoms with Crippen LogP contribution in [-0.4, -0.2) is 56.9 Å². The highest BCUT2D eigenvalue weighted by Crippen LogP contribution is 2.21. The van der Waals surface area contributed by atoms with Crippen LogP contribution in [0.4, 0.5) is 9.18 Å². The Kier molecular flexibility index (Phi) is 9.00. The van der Waals surface area contributed by atoms with Crippen molar-refractivity contribution in [1.29, 1.82) is 0 Å². The van der Waals surface area contributed by atoms with Gasteiger partial charge in [-0.25, -0.2) is 22.4 Å². The average Bonchev–Trinajstić information content (AvgIpc) is 2.65. The first kappa shape index (κ1) is 23.5. The first-order chi connectivity index (χ1) is 13.2. The summed E-state index contributed by atoms with van der Waals surface area (Å²) in [4.78, 5) is 34.3. The van der Waals surface area contributed by atoms with Crippen LogP contribution in [0.5, 0.6) is 0 Å². The number of carbonyl (C=O) groups is 3. The number of rotatable bonds is 9. The number of amides is 3. The van der Waals surface area contributed by atoms with Crippen molar-refractivity contribution in [1.82, 2.24) is 14.9 Å². The van der Waals surface area contributed by atoms with Crippen molar-refractivity contribution in [2.45, 2.75) is 32.1 Å². The van der Waals surface area contributed by atoms with E-state index in [4.69, 9.17) is 4.74 Å². The van der Waals surface area contributed by atoms with Gasteiger partial charge in [0.2, 0.25) is 10.0 Å². The number of ether oxygens (including phenoxy) is 1. The number of benzene rings is 1. The monoisotopic (exact) mass is 417 g/mol. The normalized spacial score (nSPS) is 11.2. The summed E-state index contributed by atoms with van der Waals surface area (Å²) in [5, 5.41) is 4.38. The third-order valence-corrected chi connectivity index (χ3v) is 5.68. The fourth-order valence-electron chi connectivity index (χ4n) is 2.19. The summed E-state index contributed by atoms with van der Waals surface area (Å²) >= 11 is 0. The number of nitrogens with one attached hydrogen (secondary N) is 2. The second kappa shape index (κ2) is 10.7. The van der Waals surface area contributed by atoms with Crippen LogP contribution in [0.25, 0.3) is 0 Å². The summed E-state index contributed by atoms with van der Waals surface area (Å²) in [5.41, 5.74) is -0.240. The van der Waals surface area contributed by atoms with E-state index in [9.17, 15) is 27.2 Å². The van der Waals surface area contributed by atoms with Gasteiger partial charge in [0.05, 0.1) is 5.56 Å². The molecule has 0 saturated heterocycles. The van der Waals surface area contributed by atoms with E-state index < -0.39 is 45.3 Å². The Morgan fingerprint density at radius 1 is 1.14 bits per heavy atom. The molecule has 1 aromatic rings. The van der Waals surface area contributed by atoms with E-state index in [1.54, 1.807) is 13.8 Å². The van der Waals surface area contributed by atoms with Crippen LogP contribution in [-0.2, 0) is 19.6 Å². The first-order valence-electron chi connectivity index (χ1n) is 8.71. The Morgan fingerprint density at radius 3 is 2.36 bits per heavy atom. The predicted molar refractivity (Wildman–Crippen MR) is 98.6 cm³/mol. The van der Waals surface area contributed by atoms with Gasteiger partial charge in [0.1, 0.15) is 10.7 Å². The van der Waals surface area contributed by atoms with Gasteiger partial charge in [-0.05, 0) is 24.6 Å². The van der Waals surface area contributed by atoms with E-state index >= 15 is 0 Å². The molecule has 0 unspecified atom stereocenters. The molecular weight excluding hydrogens is 393 g/mol. The van der Waals surface area contributed by atoms with Gasteiger partial charge in [-0.15, -0.1) is 0 Å². The maximum absolute atomic E-state index is 14.1. The number of carbonyl (C=O) groups excluding carboxylic acids is 3. The molecular formula is C17H24FN3O6S. The third kappa shape index (κ3) is 6.27. The molecule has 3 amide bonds. The van der Waals surface area contributed by atoms with Crippen LogP contribution in [0.2, 0.25) is 0 Å². The van der Waals surface area contributed by atoms with Gasteiger partial charge in [-0.3, -0.25) is 10.1 Å². The Balaban J connectivity index is 2.85. The molecule has 0 saturated carbocycles. The molecule has 9 nitrogen and oxygen atoms in total. The molecule has 0 spiro atoms. The van der Waals surface area contributed by atoms with Crippen molar-refractivity contribution in [3.63, 3.8) is 0 Å². The highest BCUT2D eigenvalue weighted by Gasteiger charge is 2.26. The summed E-state index contributed by atoms with van der Waals surface area (Å²) < 4.78 is 44.8. The Hall–Kier alpha value is -2.53. The highest BCUT2D eigenvalue weighted by atomic mass is 32.2. The molecule has 0 atom stereocenters. The lowest BCUT2D eigenvalue weighted by Gasteiger charge is -2.19. The van der Waals surface area contributed by atoms with E-state index in [0.717, 1.165) is 22.5 Å². The van der Waals surface area contributed by atoms with E-state index in [1.807, 2.05) is 12.2 Å². The van der Waals surface area contributed by atoms with E-state index in [-0.39, 0.29) is 18.7 Å². The number of hydrogen-bond acceptors (Lipinski definition) is 6. The second-order valence-corrected chi connectivity index (χ2v) is 7.52. The van der Waals surface area contributed by atoms with Crippen LogP contribution in [0.3, 0.4) is 0 Å². The van der Waals surface area contributed by atoms with Gasteiger partial charge in [-0.2, -0.15) is 4.31 Å². The first-order valence-corrected chi connectivity index (χ1v) is 10.2. The van der Waals surface area contributed by atoms with Gasteiger partial charge in [0, 0.05) is 19.6 Å². The van der Waals surface area contributed by atoms with Gasteiger partial charge < -0.3 is 10.1 Å². The van der Waals surface area contributed by atoms with Crippen molar-refractivity contribution in [3.8, 4) is 0 Å². The predicted octanol–water partition coefficient (Wildman–Crippen LogP) is 1.25. The van der Waals surface area contributed by atoms with Gasteiger partial charge in [0.25, 0.3) is 5.91 Å². The number of hydrogen-bond donors (Lipinski definition) is 2. The molecule has 0 radical (unpaired) electrons. The molecule has 156 valence electrons. The van der Waals surface area contributed by atoms with Crippen LogP contribution < -0.4 is 10.6 Å². The number of esters is 1. The summed E-state index contributed by atoms with van der Waals surface area (Å²) in [6, 6.07) is 2.02. The number of nitrogens with zero attached hydrogens (tertiary/aromatic N) is 1. The largest absolute Gasteiger partial charge is 0.452 e. The molecule has 0 fully saturated rings. The van der Waals surface area contributed by atoms with Crippen molar-refractivity contribution in [3.05, 3.63) is 29.6 Å². The van der Waals surface area contributed by atoms with Crippen molar-refractivity contribution in [2.24, 2.45) is 0 Å². The molecule has 0 aliphatic heterocycles. The zero-order chi connectivity index (χ0) is 21.3. The minimum Gasteiger partial charge on any atom is -0.452 e.